The maximum absolute atomic E-state index is 12.7. The largest absolute Gasteiger partial charge is 0.465 e. The Labute approximate surface area is 203 Å². The van der Waals surface area contributed by atoms with Crippen molar-refractivity contribution in [1.82, 2.24) is 14.8 Å². The van der Waals surface area contributed by atoms with Gasteiger partial charge in [0, 0.05) is 34.1 Å². The van der Waals surface area contributed by atoms with Gasteiger partial charge in [-0.3, -0.25) is 4.79 Å². The predicted molar refractivity (Wildman–Crippen MR) is 132 cm³/mol. The Morgan fingerprint density at radius 3 is 2.55 bits per heavy atom. The monoisotopic (exact) mass is 498 g/mol. The Morgan fingerprint density at radius 1 is 1.09 bits per heavy atom. The summed E-state index contributed by atoms with van der Waals surface area (Å²) >= 11 is 8.82. The first-order chi connectivity index (χ1) is 16.0. The number of aromatic nitrogens is 3. The number of esters is 1. The van der Waals surface area contributed by atoms with Crippen LogP contribution in [0.4, 0.5) is 5.00 Å². The Morgan fingerprint density at radius 2 is 1.82 bits per heavy atom. The second-order valence-electron chi connectivity index (χ2n) is 6.89. The molecule has 0 fully saturated rings. The number of thiophene rings is 1. The van der Waals surface area contributed by atoms with Crippen LogP contribution in [0.5, 0.6) is 0 Å². The topological polar surface area (TPSA) is 86.1 Å². The third-order valence-electron chi connectivity index (χ3n) is 4.80. The molecule has 0 saturated carbocycles. The Hall–Kier alpha value is -3.14. The van der Waals surface area contributed by atoms with Gasteiger partial charge < -0.3 is 14.6 Å². The number of rotatable bonds is 7. The third kappa shape index (κ3) is 4.95. The van der Waals surface area contributed by atoms with E-state index in [2.05, 4.69) is 15.5 Å². The second-order valence-corrected chi connectivity index (χ2v) is 9.12. The number of halogens is 1. The van der Waals surface area contributed by atoms with Crippen molar-refractivity contribution in [2.24, 2.45) is 7.05 Å². The number of benzene rings is 2. The molecule has 0 aliphatic heterocycles. The molecule has 0 aliphatic rings. The van der Waals surface area contributed by atoms with Crippen molar-refractivity contribution >= 4 is 51.6 Å². The first-order valence-electron chi connectivity index (χ1n) is 9.81. The van der Waals surface area contributed by atoms with Gasteiger partial charge in [0.1, 0.15) is 10.6 Å². The Bertz CT molecular complexity index is 1300. The van der Waals surface area contributed by atoms with Gasteiger partial charge in [0.2, 0.25) is 5.91 Å². The summed E-state index contributed by atoms with van der Waals surface area (Å²) in [5.74, 6) is -0.00761. The quantitative estimate of drug-likeness (QED) is 0.272. The lowest BCUT2D eigenvalue weighted by atomic mass is 10.0. The van der Waals surface area contributed by atoms with Crippen molar-refractivity contribution in [3.05, 3.63) is 70.6 Å². The maximum atomic E-state index is 12.7. The number of carbonyl (C=O) groups excluding carboxylic acids is 2. The first-order valence-corrected chi connectivity index (χ1v) is 12.1. The molecule has 0 bridgehead atoms. The molecule has 168 valence electrons. The highest BCUT2D eigenvalue weighted by Crippen LogP contribution is 2.39. The van der Waals surface area contributed by atoms with E-state index in [0.29, 0.717) is 32.1 Å². The summed E-state index contributed by atoms with van der Waals surface area (Å²) in [7, 11) is 3.16. The highest BCUT2D eigenvalue weighted by molar-refractivity contribution is 7.99. The van der Waals surface area contributed by atoms with Crippen LogP contribution in [0.3, 0.4) is 0 Å². The molecule has 0 unspecified atom stereocenters. The van der Waals surface area contributed by atoms with Crippen molar-refractivity contribution in [3.63, 3.8) is 0 Å². The fourth-order valence-corrected chi connectivity index (χ4v) is 5.12. The molecule has 2 aromatic carbocycles. The van der Waals surface area contributed by atoms with Crippen molar-refractivity contribution in [1.29, 1.82) is 0 Å². The lowest BCUT2D eigenvalue weighted by Crippen LogP contribution is -2.16. The van der Waals surface area contributed by atoms with Gasteiger partial charge in [0.15, 0.2) is 11.0 Å². The van der Waals surface area contributed by atoms with E-state index in [0.717, 1.165) is 5.56 Å². The predicted octanol–water partition coefficient (Wildman–Crippen LogP) is 5.38. The SMILES string of the molecule is COC(=O)c1c(-c2ccccc2Cl)csc1NC(=O)CSc1nnc(-c2ccccc2)n1C. The van der Waals surface area contributed by atoms with E-state index in [-0.39, 0.29) is 17.2 Å². The number of nitrogens with one attached hydrogen (secondary N) is 1. The van der Waals surface area contributed by atoms with Crippen LogP contribution in [0.1, 0.15) is 10.4 Å². The molecule has 2 aromatic heterocycles. The zero-order valence-corrected chi connectivity index (χ0v) is 20.1. The minimum absolute atomic E-state index is 0.0979. The van der Waals surface area contributed by atoms with Crippen LogP contribution >= 0.6 is 34.7 Å². The standard InChI is InChI=1S/C23H19ClN4O3S2/c1-28-20(14-8-4-3-5-9-14)26-27-23(28)33-13-18(29)25-21-19(22(30)31-2)16(12-32-21)15-10-6-7-11-17(15)24/h3-12H,13H2,1-2H3,(H,25,29). The van der Waals surface area contributed by atoms with Crippen LogP contribution in [0, 0.1) is 0 Å². The van der Waals surface area contributed by atoms with E-state index in [9.17, 15) is 9.59 Å². The molecule has 0 aliphatic carbocycles. The fraction of sp³-hybridized carbons (Fsp3) is 0.130. The summed E-state index contributed by atoms with van der Waals surface area (Å²) in [4.78, 5) is 25.2. The van der Waals surface area contributed by atoms with Gasteiger partial charge in [-0.2, -0.15) is 0 Å². The number of hydrogen-bond donors (Lipinski definition) is 1. The fourth-order valence-electron chi connectivity index (χ4n) is 3.20. The van der Waals surface area contributed by atoms with Crippen LogP contribution in [-0.4, -0.2) is 39.5 Å². The van der Waals surface area contributed by atoms with Crippen molar-refractivity contribution < 1.29 is 14.3 Å². The Balaban J connectivity index is 1.50. The molecule has 0 radical (unpaired) electrons. The second kappa shape index (κ2) is 10.2. The zero-order valence-electron chi connectivity index (χ0n) is 17.7. The van der Waals surface area contributed by atoms with Crippen LogP contribution in [0.25, 0.3) is 22.5 Å². The molecule has 0 atom stereocenters. The third-order valence-corrected chi connectivity index (χ3v) is 7.04. The molecular weight excluding hydrogens is 480 g/mol. The van der Waals surface area contributed by atoms with E-state index in [1.807, 2.05) is 60.1 Å². The summed E-state index contributed by atoms with van der Waals surface area (Å²) in [6, 6.07) is 16.9. The number of methoxy groups -OCH3 is 1. The number of ether oxygens (including phenoxy) is 1. The van der Waals surface area contributed by atoms with Gasteiger partial charge in [-0.25, -0.2) is 4.79 Å². The van der Waals surface area contributed by atoms with Gasteiger partial charge in [-0.05, 0) is 6.07 Å². The number of hydrogen-bond acceptors (Lipinski definition) is 7. The van der Waals surface area contributed by atoms with Gasteiger partial charge in [-0.1, -0.05) is 71.9 Å². The number of carbonyl (C=O) groups is 2. The molecule has 10 heteroatoms. The molecule has 4 aromatic rings. The lowest BCUT2D eigenvalue weighted by Gasteiger charge is -2.09. The molecule has 7 nitrogen and oxygen atoms in total. The van der Waals surface area contributed by atoms with Crippen LogP contribution in [0.15, 0.2) is 65.1 Å². The number of anilines is 1. The van der Waals surface area contributed by atoms with Crippen molar-refractivity contribution in [2.75, 3.05) is 18.2 Å². The van der Waals surface area contributed by atoms with Crippen LogP contribution in [0.2, 0.25) is 5.02 Å². The molecule has 4 rings (SSSR count). The van der Waals surface area contributed by atoms with E-state index >= 15 is 0 Å². The minimum atomic E-state index is -0.546. The molecule has 1 N–H and O–H groups in total. The van der Waals surface area contributed by atoms with E-state index in [4.69, 9.17) is 16.3 Å². The molecule has 33 heavy (non-hydrogen) atoms. The first kappa shape index (κ1) is 23.0. The summed E-state index contributed by atoms with van der Waals surface area (Å²) < 4.78 is 6.80. The van der Waals surface area contributed by atoms with Crippen LogP contribution in [-0.2, 0) is 16.6 Å². The van der Waals surface area contributed by atoms with Gasteiger partial charge in [0.25, 0.3) is 0 Å². The molecular formula is C23H19ClN4O3S2. The van der Waals surface area contributed by atoms with Crippen LogP contribution < -0.4 is 5.32 Å². The highest BCUT2D eigenvalue weighted by atomic mass is 35.5. The molecule has 0 spiro atoms. The Kier molecular flexibility index (Phi) is 7.12. The molecule has 2 heterocycles. The molecule has 0 saturated heterocycles. The highest BCUT2D eigenvalue weighted by Gasteiger charge is 2.23. The summed E-state index contributed by atoms with van der Waals surface area (Å²) in [5.41, 5.74) is 2.52. The maximum Gasteiger partial charge on any atom is 0.341 e. The van der Waals surface area contributed by atoms with Gasteiger partial charge >= 0.3 is 5.97 Å². The number of nitrogens with zero attached hydrogens (tertiary/aromatic N) is 3. The summed E-state index contributed by atoms with van der Waals surface area (Å²) in [6.45, 7) is 0. The van der Waals surface area contributed by atoms with Crippen molar-refractivity contribution in [2.45, 2.75) is 5.16 Å². The van der Waals surface area contributed by atoms with Gasteiger partial charge in [-0.15, -0.1) is 21.5 Å². The van der Waals surface area contributed by atoms with E-state index in [1.54, 1.807) is 11.4 Å². The van der Waals surface area contributed by atoms with Gasteiger partial charge in [0.05, 0.1) is 12.9 Å². The van der Waals surface area contributed by atoms with E-state index < -0.39 is 5.97 Å². The minimum Gasteiger partial charge on any atom is -0.465 e. The number of amides is 1. The number of thioether (sulfide) groups is 1. The molecule has 1 amide bonds. The summed E-state index contributed by atoms with van der Waals surface area (Å²) in [5, 5.41) is 14.6. The smallest absolute Gasteiger partial charge is 0.341 e. The average molecular weight is 499 g/mol. The normalized spacial score (nSPS) is 10.8. The summed E-state index contributed by atoms with van der Waals surface area (Å²) in [6.07, 6.45) is 0. The lowest BCUT2D eigenvalue weighted by molar-refractivity contribution is -0.113. The van der Waals surface area contributed by atoms with Crippen molar-refractivity contribution in [3.8, 4) is 22.5 Å². The zero-order chi connectivity index (χ0) is 23.4. The van der Waals surface area contributed by atoms with E-state index in [1.165, 1.54) is 30.2 Å². The average Bonchev–Trinajstić information content (AvgIpc) is 3.41.